The zero-order valence-electron chi connectivity index (χ0n) is 13.0. The number of hydrogen-bond donors (Lipinski definition) is 1. The molecule has 22 heavy (non-hydrogen) atoms. The molecule has 0 atom stereocenters. The van der Waals surface area contributed by atoms with Gasteiger partial charge in [-0.05, 0) is 26.2 Å². The lowest BCUT2D eigenvalue weighted by atomic mass is 10.1. The minimum Gasteiger partial charge on any atom is -0.490 e. The highest BCUT2D eigenvalue weighted by molar-refractivity contribution is 5.85. The summed E-state index contributed by atoms with van der Waals surface area (Å²) in [6.07, 6.45) is -0.201. The molecule has 0 aliphatic carbocycles. The maximum atomic E-state index is 12.2. The van der Waals surface area contributed by atoms with Crippen LogP contribution in [0.25, 0.3) is 10.9 Å². The Hall–Kier alpha value is -2.34. The van der Waals surface area contributed by atoms with Crippen molar-refractivity contribution in [3.63, 3.8) is 0 Å². The highest BCUT2D eigenvalue weighted by atomic mass is 16.5. The van der Waals surface area contributed by atoms with Gasteiger partial charge in [0.1, 0.15) is 12.4 Å². The molecule has 1 heterocycles. The van der Waals surface area contributed by atoms with E-state index in [1.54, 1.807) is 29.8 Å². The summed E-state index contributed by atoms with van der Waals surface area (Å²) in [4.78, 5) is 25.1. The van der Waals surface area contributed by atoms with Crippen LogP contribution < -0.4 is 10.2 Å². The quantitative estimate of drug-likeness (QED) is 0.865. The first kappa shape index (κ1) is 16.0. The second kappa shape index (κ2) is 6.62. The predicted octanol–water partition coefficient (Wildman–Crippen LogP) is 1.11. The fraction of sp³-hybridized carbons (Fsp3) is 0.375. The molecule has 0 radical (unpaired) electrons. The van der Waals surface area contributed by atoms with Crippen LogP contribution in [-0.4, -0.2) is 47.8 Å². The first-order chi connectivity index (χ1) is 10.4. The van der Waals surface area contributed by atoms with E-state index in [9.17, 15) is 9.59 Å². The van der Waals surface area contributed by atoms with E-state index in [0.29, 0.717) is 29.0 Å². The largest absolute Gasteiger partial charge is 0.490 e. The average molecular weight is 304 g/mol. The Morgan fingerprint density at radius 2 is 2.09 bits per heavy atom. The first-order valence-corrected chi connectivity index (χ1v) is 7.01. The van der Waals surface area contributed by atoms with Gasteiger partial charge in [-0.15, -0.1) is 0 Å². The number of aliphatic carboxylic acids is 1. The number of likely N-dealkylation sites (N-methyl/N-ethyl adjacent to an activating group) is 1. The first-order valence-electron chi connectivity index (χ1n) is 7.01. The molecule has 2 aromatic rings. The second-order valence-electron chi connectivity index (χ2n) is 5.43. The number of benzene rings is 1. The van der Waals surface area contributed by atoms with E-state index in [0.717, 1.165) is 6.54 Å². The molecule has 0 bridgehead atoms. The molecule has 0 spiro atoms. The Labute approximate surface area is 128 Å². The number of carbonyl (C=O) groups is 1. The fourth-order valence-corrected chi connectivity index (χ4v) is 2.32. The molecule has 1 N–H and O–H groups in total. The number of hydrogen-bond acceptors (Lipinski definition) is 4. The molecule has 0 saturated carbocycles. The maximum absolute atomic E-state index is 12.2. The fourth-order valence-electron chi connectivity index (χ4n) is 2.32. The minimum atomic E-state index is -0.972. The van der Waals surface area contributed by atoms with Crippen LogP contribution >= 0.6 is 0 Å². The minimum absolute atomic E-state index is 0.192. The lowest BCUT2D eigenvalue weighted by molar-refractivity contribution is -0.136. The Morgan fingerprint density at radius 3 is 2.73 bits per heavy atom. The summed E-state index contributed by atoms with van der Waals surface area (Å²) in [7, 11) is 5.65. The summed E-state index contributed by atoms with van der Waals surface area (Å²) in [5.41, 5.74) is 0.890. The standard InChI is InChI=1S/C16H20N2O4/c1-17(2)7-8-22-14-6-4-5-12-13(19)9-11(10-15(20)21)18(3)16(12)14/h4-6,9H,7-8,10H2,1-3H3,(H,20,21). The Balaban J connectivity index is 2.50. The molecule has 1 aromatic heterocycles. The smallest absolute Gasteiger partial charge is 0.309 e. The van der Waals surface area contributed by atoms with E-state index in [1.807, 2.05) is 19.0 Å². The monoisotopic (exact) mass is 304 g/mol. The van der Waals surface area contributed by atoms with Crippen molar-refractivity contribution in [2.75, 3.05) is 27.2 Å². The molecule has 0 unspecified atom stereocenters. The van der Waals surface area contributed by atoms with Crippen molar-refractivity contribution in [3.05, 3.63) is 40.2 Å². The number of aromatic nitrogens is 1. The lowest BCUT2D eigenvalue weighted by Crippen LogP contribution is -2.20. The summed E-state index contributed by atoms with van der Waals surface area (Å²) in [5, 5.41) is 9.50. The summed E-state index contributed by atoms with van der Waals surface area (Å²) < 4.78 is 7.50. The summed E-state index contributed by atoms with van der Waals surface area (Å²) in [6, 6.07) is 6.66. The van der Waals surface area contributed by atoms with Gasteiger partial charge in [0, 0.05) is 30.7 Å². The van der Waals surface area contributed by atoms with Crippen LogP contribution in [0.5, 0.6) is 5.75 Å². The molecule has 1 aromatic carbocycles. The van der Waals surface area contributed by atoms with Gasteiger partial charge in [0.2, 0.25) is 0 Å². The normalized spacial score (nSPS) is 11.1. The second-order valence-corrected chi connectivity index (χ2v) is 5.43. The van der Waals surface area contributed by atoms with Crippen LogP contribution in [0.2, 0.25) is 0 Å². The van der Waals surface area contributed by atoms with E-state index in [4.69, 9.17) is 9.84 Å². The van der Waals surface area contributed by atoms with Crippen molar-refractivity contribution >= 4 is 16.9 Å². The third kappa shape index (κ3) is 3.46. The number of fused-ring (bicyclic) bond motifs is 1. The van der Waals surface area contributed by atoms with Crippen LogP contribution in [0.1, 0.15) is 5.69 Å². The molecule has 6 heteroatoms. The number of carboxylic acid groups (broad SMARTS) is 1. The third-order valence-corrected chi connectivity index (χ3v) is 3.46. The van der Waals surface area contributed by atoms with Crippen molar-refractivity contribution in [1.82, 2.24) is 9.47 Å². The Morgan fingerprint density at radius 1 is 1.36 bits per heavy atom. The van der Waals surface area contributed by atoms with E-state index in [2.05, 4.69) is 0 Å². The van der Waals surface area contributed by atoms with E-state index in [1.165, 1.54) is 6.07 Å². The molecule has 0 aliphatic heterocycles. The average Bonchev–Trinajstić information content (AvgIpc) is 2.43. The van der Waals surface area contributed by atoms with Gasteiger partial charge in [-0.1, -0.05) is 6.07 Å². The van der Waals surface area contributed by atoms with Crippen molar-refractivity contribution < 1.29 is 14.6 Å². The molecule has 0 fully saturated rings. The molecule has 6 nitrogen and oxygen atoms in total. The van der Waals surface area contributed by atoms with Gasteiger partial charge in [-0.25, -0.2) is 0 Å². The lowest BCUT2D eigenvalue weighted by Gasteiger charge is -2.16. The highest BCUT2D eigenvalue weighted by Crippen LogP contribution is 2.24. The summed E-state index contributed by atoms with van der Waals surface area (Å²) >= 11 is 0. The Bertz CT molecular complexity index is 750. The van der Waals surface area contributed by atoms with Crippen molar-refractivity contribution in [1.29, 1.82) is 0 Å². The van der Waals surface area contributed by atoms with E-state index in [-0.39, 0.29) is 11.8 Å². The summed E-state index contributed by atoms with van der Waals surface area (Å²) in [6.45, 7) is 1.24. The van der Waals surface area contributed by atoms with Crippen molar-refractivity contribution in [2.45, 2.75) is 6.42 Å². The molecular formula is C16H20N2O4. The topological polar surface area (TPSA) is 71.8 Å². The number of rotatable bonds is 6. The number of nitrogens with zero attached hydrogens (tertiary/aromatic N) is 2. The van der Waals surface area contributed by atoms with Crippen molar-refractivity contribution in [3.8, 4) is 5.75 Å². The van der Waals surface area contributed by atoms with Gasteiger partial charge in [0.15, 0.2) is 5.43 Å². The zero-order chi connectivity index (χ0) is 16.3. The molecule has 118 valence electrons. The molecule has 0 saturated heterocycles. The molecule has 2 rings (SSSR count). The number of ether oxygens (including phenoxy) is 1. The SMILES string of the molecule is CN(C)CCOc1cccc2c(=O)cc(CC(=O)O)n(C)c12. The number of aryl methyl sites for hydroxylation is 1. The zero-order valence-corrected chi connectivity index (χ0v) is 13.0. The van der Waals surface area contributed by atoms with Gasteiger partial charge in [0.25, 0.3) is 0 Å². The number of para-hydroxylation sites is 1. The number of pyridine rings is 1. The van der Waals surface area contributed by atoms with Gasteiger partial charge in [-0.2, -0.15) is 0 Å². The van der Waals surface area contributed by atoms with Crippen molar-refractivity contribution in [2.24, 2.45) is 7.05 Å². The Kier molecular flexibility index (Phi) is 4.82. The highest BCUT2D eigenvalue weighted by Gasteiger charge is 2.13. The molecule has 0 amide bonds. The van der Waals surface area contributed by atoms with Gasteiger partial charge < -0.3 is 19.3 Å². The number of carboxylic acids is 1. The van der Waals surface area contributed by atoms with Crippen LogP contribution in [0, 0.1) is 0 Å². The molecule has 0 aliphatic rings. The van der Waals surface area contributed by atoms with Crippen LogP contribution in [0.4, 0.5) is 0 Å². The predicted molar refractivity (Wildman–Crippen MR) is 84.6 cm³/mol. The van der Waals surface area contributed by atoms with Gasteiger partial charge in [-0.3, -0.25) is 9.59 Å². The van der Waals surface area contributed by atoms with Crippen LogP contribution in [-0.2, 0) is 18.3 Å². The van der Waals surface area contributed by atoms with Gasteiger partial charge >= 0.3 is 5.97 Å². The maximum Gasteiger partial charge on any atom is 0.309 e. The summed E-state index contributed by atoms with van der Waals surface area (Å²) in [5.74, 6) is -0.383. The van der Waals surface area contributed by atoms with Crippen LogP contribution in [0.3, 0.4) is 0 Å². The third-order valence-electron chi connectivity index (χ3n) is 3.46. The van der Waals surface area contributed by atoms with Crippen LogP contribution in [0.15, 0.2) is 29.1 Å². The van der Waals surface area contributed by atoms with E-state index < -0.39 is 5.97 Å². The molecular weight excluding hydrogens is 284 g/mol. The van der Waals surface area contributed by atoms with Gasteiger partial charge in [0.05, 0.1) is 11.9 Å². The van der Waals surface area contributed by atoms with E-state index >= 15 is 0 Å².